The molecule has 1 aliphatic heterocycles. The van der Waals surface area contributed by atoms with Crippen LogP contribution < -0.4 is 20.3 Å². The number of methoxy groups -OCH3 is 2. The number of amides is 1. The molecule has 37 heavy (non-hydrogen) atoms. The van der Waals surface area contributed by atoms with Crippen LogP contribution >= 0.6 is 22.9 Å². The van der Waals surface area contributed by atoms with Crippen LogP contribution in [0.4, 0.5) is 5.69 Å². The standard InChI is InChI=1S/C24H29ClN4O6S2/c1-13-6-14(2)10-29(9-13)37(32,33)22-15(3)36-23-21(22)24(31)28(12-26-23)11-20(30)27-17-7-16(25)18(34-4)8-19(17)35-5/h7-8,12-14H,6,9-11H2,1-5H3,(H,27,30)/t13-,14-/m1/s1. The van der Waals surface area contributed by atoms with Crippen molar-refractivity contribution in [2.45, 2.75) is 38.6 Å². The van der Waals surface area contributed by atoms with Gasteiger partial charge in [-0.1, -0.05) is 25.4 Å². The minimum absolute atomic E-state index is 0.00810. The van der Waals surface area contributed by atoms with E-state index in [1.165, 1.54) is 37.0 Å². The molecule has 0 aliphatic carbocycles. The van der Waals surface area contributed by atoms with Crippen LogP contribution in [0.5, 0.6) is 11.5 Å². The van der Waals surface area contributed by atoms with E-state index >= 15 is 0 Å². The monoisotopic (exact) mass is 568 g/mol. The Labute approximate surface area is 224 Å². The first-order chi connectivity index (χ1) is 17.5. The lowest BCUT2D eigenvalue weighted by molar-refractivity contribution is -0.116. The molecule has 4 rings (SSSR count). The second-order valence-corrected chi connectivity index (χ2v) is 12.8. The number of benzene rings is 1. The smallest absolute Gasteiger partial charge is 0.263 e. The van der Waals surface area contributed by atoms with Crippen molar-refractivity contribution < 1.29 is 22.7 Å². The van der Waals surface area contributed by atoms with E-state index < -0.39 is 21.5 Å². The summed E-state index contributed by atoms with van der Waals surface area (Å²) in [5, 5.41) is 2.95. The molecule has 10 nitrogen and oxygen atoms in total. The van der Waals surface area contributed by atoms with E-state index in [-0.39, 0.29) is 33.7 Å². The molecule has 2 atom stereocenters. The predicted molar refractivity (Wildman–Crippen MR) is 144 cm³/mol. The highest BCUT2D eigenvalue weighted by atomic mass is 35.5. The van der Waals surface area contributed by atoms with Crippen molar-refractivity contribution in [3.05, 3.63) is 38.7 Å². The molecule has 2 aromatic heterocycles. The fourth-order valence-corrected chi connectivity index (χ4v) is 8.36. The summed E-state index contributed by atoms with van der Waals surface area (Å²) >= 11 is 7.33. The summed E-state index contributed by atoms with van der Waals surface area (Å²) in [5.74, 6) is 0.581. The number of nitrogens with one attached hydrogen (secondary N) is 1. The molecule has 1 saturated heterocycles. The third-order valence-corrected chi connectivity index (χ3v) is 9.74. The highest BCUT2D eigenvalue weighted by Crippen LogP contribution is 2.37. The number of anilines is 1. The number of hydrogen-bond donors (Lipinski definition) is 1. The molecule has 1 amide bonds. The van der Waals surface area contributed by atoms with Crippen LogP contribution in [0.3, 0.4) is 0 Å². The molecule has 0 bridgehead atoms. The van der Waals surface area contributed by atoms with Gasteiger partial charge in [0, 0.05) is 24.0 Å². The minimum Gasteiger partial charge on any atom is -0.495 e. The predicted octanol–water partition coefficient (Wildman–Crippen LogP) is 3.74. The van der Waals surface area contributed by atoms with Crippen LogP contribution in [0, 0.1) is 18.8 Å². The molecule has 13 heteroatoms. The molecular weight excluding hydrogens is 540 g/mol. The molecule has 200 valence electrons. The molecule has 1 aromatic carbocycles. The minimum atomic E-state index is -3.93. The summed E-state index contributed by atoms with van der Waals surface area (Å²) in [4.78, 5) is 31.4. The van der Waals surface area contributed by atoms with Gasteiger partial charge in [-0.25, -0.2) is 13.4 Å². The second kappa shape index (κ2) is 10.6. The third kappa shape index (κ3) is 5.33. The zero-order valence-corrected chi connectivity index (χ0v) is 23.6. The average molecular weight is 569 g/mol. The van der Waals surface area contributed by atoms with Gasteiger partial charge in [-0.3, -0.25) is 14.2 Å². The van der Waals surface area contributed by atoms with Gasteiger partial charge < -0.3 is 14.8 Å². The maximum atomic E-state index is 13.7. The summed E-state index contributed by atoms with van der Waals surface area (Å²) < 4.78 is 40.4. The Morgan fingerprint density at radius 1 is 1.19 bits per heavy atom. The van der Waals surface area contributed by atoms with Crippen molar-refractivity contribution in [2.75, 3.05) is 32.6 Å². The molecule has 0 radical (unpaired) electrons. The Morgan fingerprint density at radius 2 is 1.84 bits per heavy atom. The Balaban J connectivity index is 1.68. The van der Waals surface area contributed by atoms with Gasteiger partial charge in [0.25, 0.3) is 5.56 Å². The lowest BCUT2D eigenvalue weighted by atomic mass is 9.94. The Morgan fingerprint density at radius 3 is 2.46 bits per heavy atom. The van der Waals surface area contributed by atoms with E-state index in [1.807, 2.05) is 13.8 Å². The SMILES string of the molecule is COc1cc(OC)c(NC(=O)Cn2cnc3sc(C)c(S(=O)(=O)N4C[C@H](C)C[C@@H](C)C4)c3c2=O)cc1Cl. The lowest BCUT2D eigenvalue weighted by Gasteiger charge is -2.34. The van der Waals surface area contributed by atoms with Gasteiger partial charge in [-0.15, -0.1) is 11.3 Å². The van der Waals surface area contributed by atoms with Crippen molar-refractivity contribution in [1.82, 2.24) is 13.9 Å². The van der Waals surface area contributed by atoms with Crippen LogP contribution in [0.1, 0.15) is 25.1 Å². The first-order valence-corrected chi connectivity index (χ1v) is 14.3. The fourth-order valence-electron chi connectivity index (χ4n) is 4.77. The quantitative estimate of drug-likeness (QED) is 0.461. The summed E-state index contributed by atoms with van der Waals surface area (Å²) in [6.45, 7) is 6.12. The number of halogens is 1. The number of hydrogen-bond acceptors (Lipinski definition) is 8. The van der Waals surface area contributed by atoms with Gasteiger partial charge in [0.05, 0.1) is 36.6 Å². The van der Waals surface area contributed by atoms with Crippen LogP contribution in [0.2, 0.25) is 5.02 Å². The zero-order valence-electron chi connectivity index (χ0n) is 21.2. The van der Waals surface area contributed by atoms with E-state index in [9.17, 15) is 18.0 Å². The van der Waals surface area contributed by atoms with E-state index in [4.69, 9.17) is 21.1 Å². The number of carbonyl (C=O) groups excluding carboxylic acids is 1. The summed E-state index contributed by atoms with van der Waals surface area (Å²) in [6.07, 6.45) is 2.20. The number of fused-ring (bicyclic) bond motifs is 1. The number of thiophene rings is 1. The van der Waals surface area contributed by atoms with E-state index in [1.54, 1.807) is 6.92 Å². The summed E-state index contributed by atoms with van der Waals surface area (Å²) in [6, 6.07) is 3.01. The normalized spacial score (nSPS) is 18.6. The number of sulfonamides is 1. The van der Waals surface area contributed by atoms with Gasteiger partial charge >= 0.3 is 0 Å². The van der Waals surface area contributed by atoms with Gasteiger partial charge in [0.2, 0.25) is 15.9 Å². The average Bonchev–Trinajstić information content (AvgIpc) is 3.18. The van der Waals surface area contributed by atoms with Gasteiger partial charge in [-0.05, 0) is 31.2 Å². The zero-order chi connectivity index (χ0) is 27.1. The van der Waals surface area contributed by atoms with Gasteiger partial charge in [0.1, 0.15) is 27.8 Å². The molecule has 1 N–H and O–H groups in total. The van der Waals surface area contributed by atoms with Crippen molar-refractivity contribution >= 4 is 54.8 Å². The number of piperidine rings is 1. The Bertz CT molecular complexity index is 1510. The second-order valence-electron chi connectivity index (χ2n) is 9.35. The highest BCUT2D eigenvalue weighted by Gasteiger charge is 2.36. The number of rotatable bonds is 7. The number of nitrogens with zero attached hydrogens (tertiary/aromatic N) is 3. The Hall–Kier alpha value is -2.67. The summed E-state index contributed by atoms with van der Waals surface area (Å²) in [5.41, 5.74) is -0.302. The molecule has 3 heterocycles. The highest BCUT2D eigenvalue weighted by molar-refractivity contribution is 7.89. The maximum absolute atomic E-state index is 13.7. The van der Waals surface area contributed by atoms with Crippen molar-refractivity contribution in [3.63, 3.8) is 0 Å². The third-order valence-electron chi connectivity index (χ3n) is 6.29. The Kier molecular flexibility index (Phi) is 7.84. The van der Waals surface area contributed by atoms with Crippen molar-refractivity contribution in [1.29, 1.82) is 0 Å². The molecule has 0 saturated carbocycles. The van der Waals surface area contributed by atoms with E-state index in [0.29, 0.717) is 40.0 Å². The topological polar surface area (TPSA) is 120 Å². The largest absolute Gasteiger partial charge is 0.495 e. The number of aryl methyl sites for hydroxylation is 1. The van der Waals surface area contributed by atoms with Crippen LogP contribution in [-0.2, 0) is 21.4 Å². The van der Waals surface area contributed by atoms with Crippen LogP contribution in [-0.4, -0.2) is 55.5 Å². The summed E-state index contributed by atoms with van der Waals surface area (Å²) in [7, 11) is -1.04. The molecule has 1 fully saturated rings. The van der Waals surface area contributed by atoms with E-state index in [0.717, 1.165) is 22.3 Å². The first kappa shape index (κ1) is 27.4. The van der Waals surface area contributed by atoms with Crippen LogP contribution in [0.25, 0.3) is 10.2 Å². The number of aromatic nitrogens is 2. The number of ether oxygens (including phenoxy) is 2. The fraction of sp³-hybridized carbons (Fsp3) is 0.458. The molecule has 3 aromatic rings. The first-order valence-electron chi connectivity index (χ1n) is 11.7. The van der Waals surface area contributed by atoms with Crippen molar-refractivity contribution in [3.8, 4) is 11.5 Å². The number of carbonyl (C=O) groups is 1. The lowest BCUT2D eigenvalue weighted by Crippen LogP contribution is -2.42. The maximum Gasteiger partial charge on any atom is 0.263 e. The van der Waals surface area contributed by atoms with E-state index in [2.05, 4.69) is 10.3 Å². The van der Waals surface area contributed by atoms with Crippen molar-refractivity contribution in [2.24, 2.45) is 11.8 Å². The molecule has 1 aliphatic rings. The van der Waals surface area contributed by atoms with Crippen LogP contribution in [0.15, 0.2) is 28.2 Å². The molecule has 0 spiro atoms. The van der Waals surface area contributed by atoms with Gasteiger partial charge in [-0.2, -0.15) is 4.31 Å². The van der Waals surface area contributed by atoms with Gasteiger partial charge in [0.15, 0.2) is 0 Å². The molecule has 0 unspecified atom stereocenters. The molecular formula is C24H29ClN4O6S2.